The highest BCUT2D eigenvalue weighted by Crippen LogP contribution is 2.67. The number of rotatable bonds is 1. The van der Waals surface area contributed by atoms with Gasteiger partial charge >= 0.3 is 8.53 Å². The van der Waals surface area contributed by atoms with Crippen molar-refractivity contribution in [2.45, 2.75) is 5.41 Å². The van der Waals surface area contributed by atoms with Gasteiger partial charge in [-0.2, -0.15) is 0 Å². The highest BCUT2D eigenvalue weighted by molar-refractivity contribution is 7.45. The molecule has 0 bridgehead atoms. The van der Waals surface area contributed by atoms with Crippen LogP contribution < -0.4 is 18.8 Å². The molecule has 0 atom stereocenters. The third kappa shape index (κ3) is 2.55. The molecule has 0 N–H and O–H groups in total. The topological polar surface area (TPSA) is 28.2 Å². The van der Waals surface area contributed by atoms with E-state index in [-0.39, 0.29) is 0 Å². The second kappa shape index (κ2) is 7.24. The van der Waals surface area contributed by atoms with Crippen molar-refractivity contribution < 1.29 is 9.05 Å². The summed E-state index contributed by atoms with van der Waals surface area (Å²) in [5.41, 5.74) is 8.91. The largest absolute Gasteiger partial charge is 0.427 e. The molecule has 5 nitrogen and oxygen atoms in total. The number of para-hydroxylation sites is 2. The van der Waals surface area contributed by atoms with Gasteiger partial charge in [0, 0.05) is 48.0 Å². The Labute approximate surface area is 207 Å². The van der Waals surface area contributed by atoms with Gasteiger partial charge in [-0.15, -0.1) is 0 Å². The number of fused-ring (bicyclic) bond motifs is 2. The van der Waals surface area contributed by atoms with Crippen molar-refractivity contribution in [2.75, 3.05) is 38.0 Å². The average molecular weight is 480 g/mol. The van der Waals surface area contributed by atoms with Crippen molar-refractivity contribution in [1.29, 1.82) is 0 Å². The molecule has 3 aliphatic rings. The molecule has 0 saturated heterocycles. The lowest BCUT2D eigenvalue weighted by molar-refractivity contribution is 0.402. The Morgan fingerprint density at radius 1 is 0.600 bits per heavy atom. The molecule has 0 aliphatic carbocycles. The Bertz CT molecular complexity index is 1390. The molecule has 6 heteroatoms. The van der Waals surface area contributed by atoms with Crippen LogP contribution in [0.15, 0.2) is 84.9 Å². The van der Waals surface area contributed by atoms with Crippen LogP contribution >= 0.6 is 8.53 Å². The number of hydrogen-bond donors (Lipinski definition) is 0. The van der Waals surface area contributed by atoms with Crippen molar-refractivity contribution in [2.24, 2.45) is 0 Å². The van der Waals surface area contributed by atoms with E-state index in [1.807, 2.05) is 18.8 Å². The second-order valence-electron chi connectivity index (χ2n) is 9.47. The zero-order valence-electron chi connectivity index (χ0n) is 20.2. The molecule has 0 aromatic heterocycles. The quantitative estimate of drug-likeness (QED) is 0.280. The lowest BCUT2D eigenvalue weighted by atomic mass is 9.59. The van der Waals surface area contributed by atoms with Crippen molar-refractivity contribution in [1.82, 2.24) is 4.67 Å². The number of nitrogens with zero attached hydrogens (tertiary/aromatic N) is 3. The van der Waals surface area contributed by atoms with E-state index in [1.165, 1.54) is 33.6 Å². The van der Waals surface area contributed by atoms with Gasteiger partial charge in [0.15, 0.2) is 0 Å². The van der Waals surface area contributed by atoms with E-state index in [0.29, 0.717) is 0 Å². The van der Waals surface area contributed by atoms with Gasteiger partial charge in [-0.3, -0.25) is 0 Å². The summed E-state index contributed by atoms with van der Waals surface area (Å²) < 4.78 is 15.5. The summed E-state index contributed by atoms with van der Waals surface area (Å²) in [4.78, 5) is 4.60. The Morgan fingerprint density at radius 2 is 1.03 bits per heavy atom. The molecule has 4 aromatic carbocycles. The van der Waals surface area contributed by atoms with E-state index < -0.39 is 13.9 Å². The predicted octanol–water partition coefficient (Wildman–Crippen LogP) is 6.79. The van der Waals surface area contributed by atoms with Crippen LogP contribution in [0.5, 0.6) is 11.5 Å². The molecule has 0 unspecified atom stereocenters. The van der Waals surface area contributed by atoms with Crippen LogP contribution in [0.3, 0.4) is 0 Å². The minimum atomic E-state index is -1.34. The third-order valence-electron chi connectivity index (χ3n) is 7.50. The van der Waals surface area contributed by atoms with E-state index in [9.17, 15) is 0 Å². The Kier molecular flexibility index (Phi) is 4.30. The molecule has 4 aromatic rings. The first kappa shape index (κ1) is 20.8. The minimum Gasteiger partial charge on any atom is -0.427 e. The highest BCUT2D eigenvalue weighted by atomic mass is 31.2. The molecule has 3 heterocycles. The van der Waals surface area contributed by atoms with Crippen molar-refractivity contribution in [3.8, 4) is 11.5 Å². The second-order valence-corrected chi connectivity index (χ2v) is 11.1. The summed E-state index contributed by atoms with van der Waals surface area (Å²) in [6, 6.07) is 30.3. The summed E-state index contributed by atoms with van der Waals surface area (Å²) in [5, 5.41) is 0. The van der Waals surface area contributed by atoms with Crippen LogP contribution in [0.4, 0.5) is 22.7 Å². The van der Waals surface area contributed by atoms with Crippen LogP contribution in [-0.4, -0.2) is 32.9 Å². The molecule has 0 fully saturated rings. The van der Waals surface area contributed by atoms with Crippen LogP contribution in [-0.2, 0) is 5.41 Å². The Hall–Kier alpha value is -3.53. The number of anilines is 4. The van der Waals surface area contributed by atoms with Crippen LogP contribution in [0.2, 0.25) is 0 Å². The van der Waals surface area contributed by atoms with Gasteiger partial charge in [0.05, 0.1) is 5.41 Å². The maximum atomic E-state index is 6.73. The highest BCUT2D eigenvalue weighted by Gasteiger charge is 2.54. The standard InChI is InChI=1S/C29H26N3O2P/c1-30(2)35-33-25-17-9-15-23-27(25)29(19-11-5-7-13-21(19)31(23)3)20-12-6-8-14-22(20)32(4)24-16-10-18-26(34-35)28(24)29/h5-18H,1-4H3. The van der Waals surface area contributed by atoms with Gasteiger partial charge in [-0.05, 0) is 61.6 Å². The normalized spacial score (nSPS) is 16.7. The average Bonchev–Trinajstić information content (AvgIpc) is 2.87. The number of hydrogen-bond acceptors (Lipinski definition) is 5. The van der Waals surface area contributed by atoms with E-state index in [4.69, 9.17) is 9.05 Å². The first-order valence-electron chi connectivity index (χ1n) is 11.8. The monoisotopic (exact) mass is 479 g/mol. The van der Waals surface area contributed by atoms with Gasteiger partial charge in [0.2, 0.25) is 0 Å². The Balaban J connectivity index is 1.74. The van der Waals surface area contributed by atoms with Crippen LogP contribution in [0, 0.1) is 0 Å². The molecule has 7 rings (SSSR count). The predicted molar refractivity (Wildman–Crippen MR) is 143 cm³/mol. The maximum absolute atomic E-state index is 6.73. The zero-order valence-corrected chi connectivity index (χ0v) is 21.1. The number of benzene rings is 4. The molecular formula is C29H26N3O2P. The molecule has 0 amide bonds. The molecular weight excluding hydrogens is 453 g/mol. The first-order valence-corrected chi connectivity index (χ1v) is 12.9. The fourth-order valence-corrected chi connectivity index (χ4v) is 7.09. The molecule has 3 aliphatic heterocycles. The maximum Gasteiger partial charge on any atom is 0.384 e. The van der Waals surface area contributed by atoms with Gasteiger partial charge in [0.1, 0.15) is 11.5 Å². The zero-order chi connectivity index (χ0) is 23.9. The first-order chi connectivity index (χ1) is 17.0. The Morgan fingerprint density at radius 3 is 1.49 bits per heavy atom. The van der Waals surface area contributed by atoms with E-state index in [2.05, 4.69) is 109 Å². The molecule has 174 valence electrons. The van der Waals surface area contributed by atoms with Crippen LogP contribution in [0.25, 0.3) is 0 Å². The SMILES string of the molecule is CN1c2ccccc2C23c4ccccc4N(C)c4cccc(c42)OP(N(C)C)Oc2cccc1c23. The summed E-state index contributed by atoms with van der Waals surface area (Å²) >= 11 is 0. The van der Waals surface area contributed by atoms with Gasteiger partial charge in [-0.25, -0.2) is 4.67 Å². The minimum absolute atomic E-state index is 0.586. The summed E-state index contributed by atoms with van der Waals surface area (Å²) in [7, 11) is 6.98. The van der Waals surface area contributed by atoms with E-state index >= 15 is 0 Å². The van der Waals surface area contributed by atoms with Gasteiger partial charge in [0.25, 0.3) is 0 Å². The van der Waals surface area contributed by atoms with Crippen LogP contribution in [0.1, 0.15) is 22.3 Å². The smallest absolute Gasteiger partial charge is 0.384 e. The third-order valence-corrected chi connectivity index (χ3v) is 8.86. The van der Waals surface area contributed by atoms with E-state index in [0.717, 1.165) is 22.9 Å². The van der Waals surface area contributed by atoms with Gasteiger partial charge < -0.3 is 18.8 Å². The molecule has 35 heavy (non-hydrogen) atoms. The fourth-order valence-electron chi connectivity index (χ4n) is 6.09. The van der Waals surface area contributed by atoms with E-state index in [1.54, 1.807) is 0 Å². The molecule has 1 spiro atoms. The molecule has 0 radical (unpaired) electrons. The lowest BCUT2D eigenvalue weighted by Crippen LogP contribution is -2.43. The summed E-state index contributed by atoms with van der Waals surface area (Å²) in [5.74, 6) is 1.73. The van der Waals surface area contributed by atoms with Gasteiger partial charge in [-0.1, -0.05) is 48.5 Å². The van der Waals surface area contributed by atoms with Crippen molar-refractivity contribution in [3.05, 3.63) is 107 Å². The fraction of sp³-hybridized carbons (Fsp3) is 0.172. The van der Waals surface area contributed by atoms with Crippen molar-refractivity contribution >= 4 is 31.3 Å². The summed E-state index contributed by atoms with van der Waals surface area (Å²) in [6.45, 7) is 0. The lowest BCUT2D eigenvalue weighted by Gasteiger charge is -2.51. The van der Waals surface area contributed by atoms with Crippen molar-refractivity contribution in [3.63, 3.8) is 0 Å². The summed E-state index contributed by atoms with van der Waals surface area (Å²) in [6.07, 6.45) is 0. The molecule has 0 saturated carbocycles.